The van der Waals surface area contributed by atoms with Gasteiger partial charge in [0.25, 0.3) is 0 Å². The van der Waals surface area contributed by atoms with Crippen molar-refractivity contribution in [1.82, 2.24) is 0 Å². The molecule has 0 atom stereocenters. The summed E-state index contributed by atoms with van der Waals surface area (Å²) in [6.07, 6.45) is 67.2. The van der Waals surface area contributed by atoms with Crippen LogP contribution in [0.25, 0.3) is 0 Å². The van der Waals surface area contributed by atoms with Crippen LogP contribution in [-0.4, -0.2) is 49.8 Å². The summed E-state index contributed by atoms with van der Waals surface area (Å²) in [4.78, 5) is 0. The van der Waals surface area contributed by atoms with Crippen molar-refractivity contribution in [2.75, 3.05) is 49.8 Å². The van der Waals surface area contributed by atoms with Gasteiger partial charge in [0, 0.05) is 21.2 Å². The van der Waals surface area contributed by atoms with Gasteiger partial charge in [0.05, 0.1) is 43.1 Å². The van der Waals surface area contributed by atoms with Crippen LogP contribution in [0.4, 0.5) is 3.58 Å². The molecule has 0 N–H and O–H groups in total. The van der Waals surface area contributed by atoms with E-state index < -0.39 is 24.0 Å². The van der Waals surface area contributed by atoms with Crippen LogP contribution in [0.3, 0.4) is 0 Å². The Labute approximate surface area is 401 Å². The molecule has 0 spiro atoms. The molecule has 0 fully saturated rings. The Morgan fingerprint density at radius 1 is 0.300 bits per heavy atom. The fourth-order valence-corrected chi connectivity index (χ4v) is 17.8. The molecule has 0 amide bonds. The molecule has 0 unspecified atom stereocenters. The molecule has 0 heterocycles. The van der Waals surface area contributed by atoms with E-state index in [0.717, 1.165) is 0 Å². The Balaban J connectivity index is -0.000000975. The Hall–Kier alpha value is 2.36. The van der Waals surface area contributed by atoms with E-state index in [1.165, 1.54) is 238 Å². The van der Waals surface area contributed by atoms with Crippen LogP contribution in [-0.2, 0) is 9.47 Å². The fraction of sp³-hybridized carbons (Fsp3) is 1.00. The van der Waals surface area contributed by atoms with Crippen molar-refractivity contribution in [3.05, 3.63) is 0 Å². The van der Waals surface area contributed by atoms with Gasteiger partial charge in [-0.2, -0.15) is 0 Å². The van der Waals surface area contributed by atoms with Crippen LogP contribution in [0, 0.1) is 0 Å². The molecular weight excluding hydrogens is 927 g/mol. The molecule has 60 heavy (non-hydrogen) atoms. The molecule has 0 aliphatic heterocycles. The van der Waals surface area contributed by atoms with E-state index in [1.807, 2.05) is 0 Å². The number of hydrogen-bond acceptors (Lipinski definition) is 0. The molecule has 0 saturated heterocycles. The molecule has 0 aliphatic rings. The summed E-state index contributed by atoms with van der Waals surface area (Å²) in [5, 5.41) is 0. The third kappa shape index (κ3) is 56.5. The van der Waals surface area contributed by atoms with Gasteiger partial charge in [0.2, 0.25) is 0 Å². The summed E-state index contributed by atoms with van der Waals surface area (Å²) in [5.74, 6) is 0. The first-order chi connectivity index (χ1) is 28.9. The first kappa shape index (κ1) is 66.6. The van der Waals surface area contributed by atoms with Gasteiger partial charge in [-0.3, -0.25) is 0 Å². The molecule has 0 rings (SSSR count). The van der Waals surface area contributed by atoms with Crippen molar-refractivity contribution >= 4 is 49.0 Å². The van der Waals surface area contributed by atoms with Crippen molar-refractivity contribution in [3.8, 4) is 0 Å². The Morgan fingerprint density at radius 3 is 0.650 bits per heavy atom. The second-order valence-electron chi connectivity index (χ2n) is 19.3. The fourth-order valence-electron chi connectivity index (χ4n) is 8.95. The molecule has 373 valence electrons. The second-order valence-corrected chi connectivity index (χ2v) is 38.1. The molecule has 0 aromatic rings. The van der Waals surface area contributed by atoms with E-state index in [1.54, 1.807) is 49.6 Å². The average molecular weight is 1040 g/mol. The Bertz CT molecular complexity index is 718. The Kier molecular flexibility index (Phi) is 58.1. The van der Waals surface area contributed by atoms with Gasteiger partial charge in [-0.15, -0.1) is 0 Å². The monoisotopic (exact) mass is 1040 g/mol. The van der Waals surface area contributed by atoms with E-state index in [2.05, 4.69) is 89.6 Å². The quantitative estimate of drug-likeness (QED) is 0.0421. The van der Waals surface area contributed by atoms with Gasteiger partial charge in [-0.1, -0.05) is 222 Å². The molecule has 0 aromatic heterocycles. The number of halogens is 4. The first-order valence-electron chi connectivity index (χ1n) is 27.1. The molecule has 7 heteroatoms. The van der Waals surface area contributed by atoms with Crippen LogP contribution in [0.2, 0.25) is 0 Å². The standard InChI is InChI=1S/C28H60P.C25H54P.BrH.2ClH.Co.FH/c1-5-9-13-14-15-16-17-18-19-20-21-22-23-24-28-29(25-10-6-2,26-11-7-3)27-12-8-4;1-5-8-11-14-17-20-23-26(4,24-21-18-15-12-9-6-2)25-22-19-16-13-10-7-3;;;;;/h5-28H2,1-4H3;5-25H2,1-4H3;3*1H;;1H/q2*+1;;;;+2;/p-4. The van der Waals surface area contributed by atoms with Crippen LogP contribution in [0.15, 0.2) is 0 Å². The van der Waals surface area contributed by atoms with Crippen molar-refractivity contribution < 1.29 is 13.1 Å². The van der Waals surface area contributed by atoms with Gasteiger partial charge in [-0.05, 0) is 70.6 Å². The number of unbranched alkanes of at least 4 members (excludes halogenated alkanes) is 31. The number of rotatable bonds is 45. The summed E-state index contributed by atoms with van der Waals surface area (Å²) in [6, 6.07) is 0. The van der Waals surface area contributed by atoms with Crippen LogP contribution in [0.1, 0.15) is 292 Å². The Morgan fingerprint density at radius 2 is 0.450 bits per heavy atom. The zero-order valence-electron chi connectivity index (χ0n) is 42.6. The van der Waals surface area contributed by atoms with Crippen LogP contribution in [0.5, 0.6) is 0 Å². The van der Waals surface area contributed by atoms with E-state index in [9.17, 15) is 3.58 Å². The van der Waals surface area contributed by atoms with Crippen LogP contribution < -0.4 is 0 Å². The van der Waals surface area contributed by atoms with Gasteiger partial charge in [0.1, 0.15) is 0 Å². The summed E-state index contributed by atoms with van der Waals surface area (Å²) in [6.45, 7) is 19.2. The normalized spacial score (nSPS) is 12.3. The third-order valence-electron chi connectivity index (χ3n) is 13.1. The summed E-state index contributed by atoms with van der Waals surface area (Å²) < 4.78 is 11.2. The zero-order valence-corrected chi connectivity index (χ0v) is 48.5. The van der Waals surface area contributed by atoms with Gasteiger partial charge in [0.15, 0.2) is 0 Å². The van der Waals surface area contributed by atoms with Crippen molar-refractivity contribution in [3.63, 3.8) is 0 Å². The molecule has 0 aliphatic carbocycles. The first-order valence-corrected chi connectivity index (χ1v) is 38.3. The molecule has 0 aromatic carbocycles. The van der Waals surface area contributed by atoms with Gasteiger partial charge < -0.3 is 0 Å². The number of hydrogen-bond donors (Lipinski definition) is 0. The predicted molar refractivity (Wildman–Crippen MR) is 291 cm³/mol. The summed E-state index contributed by atoms with van der Waals surface area (Å²) >= 11 is 2.35. The SMILES string of the molecule is CCCCCCCCCCCCCCCC[P+](CCCC)(CCCC)CCCC.CCCCCCCC[P+](C)(CCCCCCCC)CCCCCCCC.[F][Co-2]([Cl])([Cl])[Br]. The summed E-state index contributed by atoms with van der Waals surface area (Å²) in [7, 11) is 4.93. The topological polar surface area (TPSA) is 0 Å². The van der Waals surface area contributed by atoms with Gasteiger partial charge >= 0.3 is 47.5 Å². The minimum absolute atomic E-state index is 0.630. The maximum absolute atomic E-state index is 11.2. The molecule has 0 nitrogen and oxygen atoms in total. The van der Waals surface area contributed by atoms with Crippen molar-refractivity contribution in [2.24, 2.45) is 0 Å². The van der Waals surface area contributed by atoms with Crippen molar-refractivity contribution in [1.29, 1.82) is 0 Å². The molecule has 0 radical (unpaired) electrons. The van der Waals surface area contributed by atoms with E-state index in [-0.39, 0.29) is 0 Å². The van der Waals surface area contributed by atoms with E-state index in [4.69, 9.17) is 0 Å². The third-order valence-corrected chi connectivity index (χ3v) is 22.3. The molecule has 0 bridgehead atoms. The predicted octanol–water partition coefficient (Wildman–Crippen LogP) is 23.2. The van der Waals surface area contributed by atoms with Crippen LogP contribution >= 0.6 is 49.0 Å². The van der Waals surface area contributed by atoms with E-state index >= 15 is 0 Å². The van der Waals surface area contributed by atoms with Crippen molar-refractivity contribution in [2.45, 2.75) is 292 Å². The van der Waals surface area contributed by atoms with E-state index in [0.29, 0.717) is 0 Å². The molecule has 0 saturated carbocycles. The maximum atomic E-state index is 11.2. The zero-order chi connectivity index (χ0) is 45.3. The van der Waals surface area contributed by atoms with Gasteiger partial charge in [-0.25, -0.2) is 0 Å². The minimum atomic E-state index is -3.12. The second kappa shape index (κ2) is 52.3. The summed E-state index contributed by atoms with van der Waals surface area (Å²) in [5.41, 5.74) is 0. The average Bonchev–Trinajstić information content (AvgIpc) is 3.22. The molecular formula is C53H114BrCl2CoFP2.